The Kier molecular flexibility index (Phi) is 3.65. The van der Waals surface area contributed by atoms with Crippen LogP contribution >= 0.6 is 0 Å². The van der Waals surface area contributed by atoms with Crippen molar-refractivity contribution in [3.05, 3.63) is 36.2 Å². The van der Waals surface area contributed by atoms with Gasteiger partial charge in [-0.25, -0.2) is 0 Å². The van der Waals surface area contributed by atoms with Crippen molar-refractivity contribution in [3.8, 4) is 5.75 Å². The van der Waals surface area contributed by atoms with Crippen LogP contribution in [0.25, 0.3) is 0 Å². The summed E-state index contributed by atoms with van der Waals surface area (Å²) >= 11 is 0. The lowest BCUT2D eigenvalue weighted by atomic mass is 10.0. The van der Waals surface area contributed by atoms with E-state index in [0.29, 0.717) is 0 Å². The van der Waals surface area contributed by atoms with Crippen molar-refractivity contribution in [2.75, 3.05) is 6.61 Å². The van der Waals surface area contributed by atoms with Gasteiger partial charge in [-0.2, -0.15) is 0 Å². The molecule has 15 heavy (non-hydrogen) atoms. The third-order valence-corrected chi connectivity index (χ3v) is 2.99. The zero-order valence-electron chi connectivity index (χ0n) is 9.30. The zero-order chi connectivity index (χ0) is 10.5. The highest BCUT2D eigenvalue weighted by molar-refractivity contribution is 5.43. The molecular formula is C14H19O. The number of ether oxygens (including phenoxy) is 1. The predicted molar refractivity (Wildman–Crippen MR) is 63.2 cm³/mol. The fourth-order valence-corrected chi connectivity index (χ4v) is 2.15. The Morgan fingerprint density at radius 2 is 2.13 bits per heavy atom. The first kappa shape index (κ1) is 10.5. The maximum absolute atomic E-state index is 5.67. The highest BCUT2D eigenvalue weighted by Gasteiger charge is 2.14. The van der Waals surface area contributed by atoms with E-state index in [2.05, 4.69) is 25.1 Å². The number of fused-ring (bicyclic) bond motifs is 1. The van der Waals surface area contributed by atoms with Crippen LogP contribution in [0.2, 0.25) is 0 Å². The normalized spacial score (nSPS) is 13.7. The Balaban J connectivity index is 1.94. The maximum atomic E-state index is 5.67. The van der Waals surface area contributed by atoms with Crippen molar-refractivity contribution in [2.45, 2.75) is 38.5 Å². The van der Waals surface area contributed by atoms with Crippen molar-refractivity contribution in [1.29, 1.82) is 0 Å². The Morgan fingerprint density at radius 3 is 3.00 bits per heavy atom. The van der Waals surface area contributed by atoms with Crippen LogP contribution in [0.1, 0.15) is 36.8 Å². The van der Waals surface area contributed by atoms with Gasteiger partial charge in [0.1, 0.15) is 5.75 Å². The van der Waals surface area contributed by atoms with Crippen LogP contribution in [-0.2, 0) is 12.8 Å². The Labute approximate surface area is 92.5 Å². The topological polar surface area (TPSA) is 9.23 Å². The van der Waals surface area contributed by atoms with Gasteiger partial charge >= 0.3 is 0 Å². The molecular weight excluding hydrogens is 184 g/mol. The van der Waals surface area contributed by atoms with Gasteiger partial charge in [-0.05, 0) is 24.0 Å². The van der Waals surface area contributed by atoms with Gasteiger partial charge in [0.05, 0.1) is 6.61 Å². The number of hydrogen-bond acceptors (Lipinski definition) is 1. The first-order chi connectivity index (χ1) is 7.42. The Morgan fingerprint density at radius 1 is 1.20 bits per heavy atom. The molecule has 0 unspecified atom stereocenters. The average Bonchev–Trinajstić information content (AvgIpc) is 2.73. The summed E-state index contributed by atoms with van der Waals surface area (Å²) in [6.45, 7) is 4.73. The highest BCUT2D eigenvalue weighted by Crippen LogP contribution is 2.30. The summed E-state index contributed by atoms with van der Waals surface area (Å²) in [6, 6.07) is 6.54. The van der Waals surface area contributed by atoms with Crippen LogP contribution in [0.3, 0.4) is 0 Å². The van der Waals surface area contributed by atoms with Crippen LogP contribution in [0.4, 0.5) is 0 Å². The number of hydrogen-bond donors (Lipinski definition) is 0. The SMILES string of the molecule is [CH2]CCCCCc1cccc2c1OCC2. The summed E-state index contributed by atoms with van der Waals surface area (Å²) in [5.41, 5.74) is 2.79. The summed E-state index contributed by atoms with van der Waals surface area (Å²) < 4.78 is 5.67. The monoisotopic (exact) mass is 203 g/mol. The van der Waals surface area contributed by atoms with Gasteiger partial charge in [0, 0.05) is 6.42 Å². The molecule has 0 bridgehead atoms. The summed E-state index contributed by atoms with van der Waals surface area (Å²) in [5, 5.41) is 0. The van der Waals surface area contributed by atoms with E-state index >= 15 is 0 Å². The molecule has 0 amide bonds. The molecule has 0 saturated heterocycles. The minimum Gasteiger partial charge on any atom is -0.493 e. The quantitative estimate of drug-likeness (QED) is 0.665. The molecule has 0 aliphatic carbocycles. The van der Waals surface area contributed by atoms with E-state index in [9.17, 15) is 0 Å². The molecule has 1 radical (unpaired) electrons. The van der Waals surface area contributed by atoms with Gasteiger partial charge in [0.15, 0.2) is 0 Å². The molecule has 0 N–H and O–H groups in total. The van der Waals surface area contributed by atoms with E-state index < -0.39 is 0 Å². The van der Waals surface area contributed by atoms with E-state index in [0.717, 1.165) is 25.9 Å². The Bertz CT molecular complexity index is 317. The second-order valence-electron chi connectivity index (χ2n) is 4.17. The summed E-state index contributed by atoms with van der Waals surface area (Å²) in [5.74, 6) is 1.17. The largest absolute Gasteiger partial charge is 0.493 e. The van der Waals surface area contributed by atoms with E-state index in [1.54, 1.807) is 0 Å². The van der Waals surface area contributed by atoms with Crippen LogP contribution in [0.5, 0.6) is 5.75 Å². The molecule has 0 aromatic heterocycles. The molecule has 0 saturated carbocycles. The summed E-state index contributed by atoms with van der Waals surface area (Å²) in [6.07, 6.45) is 7.09. The number of rotatable bonds is 5. The van der Waals surface area contributed by atoms with E-state index in [4.69, 9.17) is 4.74 Å². The van der Waals surface area contributed by atoms with E-state index in [1.165, 1.54) is 36.1 Å². The van der Waals surface area contributed by atoms with E-state index in [-0.39, 0.29) is 0 Å². The molecule has 1 aliphatic rings. The fourth-order valence-electron chi connectivity index (χ4n) is 2.15. The second-order valence-corrected chi connectivity index (χ2v) is 4.17. The summed E-state index contributed by atoms with van der Waals surface area (Å²) in [7, 11) is 0. The lowest BCUT2D eigenvalue weighted by Crippen LogP contribution is -1.92. The molecule has 1 aliphatic heterocycles. The van der Waals surface area contributed by atoms with Crippen LogP contribution in [0.15, 0.2) is 18.2 Å². The molecule has 2 rings (SSSR count). The lowest BCUT2D eigenvalue weighted by molar-refractivity contribution is 0.353. The number of aryl methyl sites for hydroxylation is 1. The maximum Gasteiger partial charge on any atom is 0.125 e. The van der Waals surface area contributed by atoms with Crippen LogP contribution in [0, 0.1) is 6.92 Å². The third kappa shape index (κ3) is 2.53. The molecule has 1 aromatic carbocycles. The molecule has 1 nitrogen and oxygen atoms in total. The predicted octanol–water partition coefficient (Wildman–Crippen LogP) is 3.56. The van der Waals surface area contributed by atoms with Crippen LogP contribution in [-0.4, -0.2) is 6.61 Å². The van der Waals surface area contributed by atoms with Crippen LogP contribution < -0.4 is 4.74 Å². The van der Waals surface area contributed by atoms with E-state index in [1.807, 2.05) is 0 Å². The van der Waals surface area contributed by atoms with Gasteiger partial charge in [-0.1, -0.05) is 44.4 Å². The van der Waals surface area contributed by atoms with Crippen molar-refractivity contribution in [2.24, 2.45) is 0 Å². The Hall–Kier alpha value is -0.980. The first-order valence-electron chi connectivity index (χ1n) is 5.94. The number of unbranched alkanes of at least 4 members (excludes halogenated alkanes) is 3. The second kappa shape index (κ2) is 5.20. The van der Waals surface area contributed by atoms with Crippen molar-refractivity contribution >= 4 is 0 Å². The standard InChI is InChI=1S/C14H19O/c1-2-3-4-5-7-12-8-6-9-13-10-11-15-14(12)13/h6,8-9H,1-5,7,10-11H2. The van der Waals surface area contributed by atoms with Crippen molar-refractivity contribution < 1.29 is 4.74 Å². The van der Waals surface area contributed by atoms with Gasteiger partial charge < -0.3 is 4.74 Å². The lowest BCUT2D eigenvalue weighted by Gasteiger charge is -2.07. The van der Waals surface area contributed by atoms with Crippen molar-refractivity contribution in [1.82, 2.24) is 0 Å². The van der Waals surface area contributed by atoms with Gasteiger partial charge in [-0.3, -0.25) is 0 Å². The minimum absolute atomic E-state index is 0.866. The smallest absolute Gasteiger partial charge is 0.125 e. The molecule has 81 valence electrons. The third-order valence-electron chi connectivity index (χ3n) is 2.99. The number of para-hydroxylation sites is 1. The molecule has 1 aromatic rings. The van der Waals surface area contributed by atoms with Crippen molar-refractivity contribution in [3.63, 3.8) is 0 Å². The molecule has 0 atom stereocenters. The first-order valence-corrected chi connectivity index (χ1v) is 5.94. The van der Waals surface area contributed by atoms with Gasteiger partial charge in [-0.15, -0.1) is 0 Å². The number of benzene rings is 1. The molecule has 1 heterocycles. The zero-order valence-corrected chi connectivity index (χ0v) is 9.30. The van der Waals surface area contributed by atoms with Gasteiger partial charge in [0.2, 0.25) is 0 Å². The minimum atomic E-state index is 0.866. The highest BCUT2D eigenvalue weighted by atomic mass is 16.5. The molecule has 0 fully saturated rings. The fraction of sp³-hybridized carbons (Fsp3) is 0.500. The van der Waals surface area contributed by atoms with Gasteiger partial charge in [0.25, 0.3) is 0 Å². The molecule has 0 spiro atoms. The molecule has 1 heteroatoms. The summed E-state index contributed by atoms with van der Waals surface area (Å²) in [4.78, 5) is 0. The average molecular weight is 203 g/mol.